The number of thiocarbonyl (C=S) groups is 1. The van der Waals surface area contributed by atoms with E-state index in [2.05, 4.69) is 0 Å². The van der Waals surface area contributed by atoms with Gasteiger partial charge in [0.2, 0.25) is 0 Å². The smallest absolute Gasteiger partial charge is 0.310 e. The van der Waals surface area contributed by atoms with Crippen LogP contribution in [0.15, 0.2) is 9.70 Å². The Kier molecular flexibility index (Phi) is 7.97. The SMILES string of the molecule is CCCN1C(=O)C(=Cc2c(C)c(C#N)c(=O)n(C)c2N2CCCC(C(=O)OCC)C2)SC1=S. The van der Waals surface area contributed by atoms with Crippen molar-refractivity contribution in [3.8, 4) is 6.07 Å². The van der Waals surface area contributed by atoms with Gasteiger partial charge in [-0.1, -0.05) is 30.9 Å². The highest BCUT2D eigenvalue weighted by atomic mass is 32.2. The number of rotatable bonds is 6. The predicted molar refractivity (Wildman–Crippen MR) is 133 cm³/mol. The van der Waals surface area contributed by atoms with Gasteiger partial charge in [-0.05, 0) is 44.7 Å². The molecule has 10 heteroatoms. The first-order chi connectivity index (χ1) is 15.7. The molecule has 3 heterocycles. The molecule has 0 saturated carbocycles. The maximum Gasteiger partial charge on any atom is 0.310 e. The maximum atomic E-state index is 13.0. The molecule has 2 aliphatic rings. The number of hydrogen-bond acceptors (Lipinski definition) is 8. The number of aromatic nitrogens is 1. The van der Waals surface area contributed by atoms with Crippen LogP contribution in [-0.4, -0.2) is 51.9 Å². The van der Waals surface area contributed by atoms with E-state index in [0.717, 1.165) is 12.8 Å². The first-order valence-corrected chi connectivity index (χ1v) is 12.3. The van der Waals surface area contributed by atoms with Crippen LogP contribution in [0, 0.1) is 24.2 Å². The average molecular weight is 489 g/mol. The summed E-state index contributed by atoms with van der Waals surface area (Å²) >= 11 is 6.61. The Balaban J connectivity index is 2.13. The van der Waals surface area contributed by atoms with Gasteiger partial charge in [0.15, 0.2) is 0 Å². The summed E-state index contributed by atoms with van der Waals surface area (Å²) in [4.78, 5) is 42.3. The summed E-state index contributed by atoms with van der Waals surface area (Å²) in [6, 6.07) is 2.01. The van der Waals surface area contributed by atoms with Crippen molar-refractivity contribution < 1.29 is 14.3 Å². The quantitative estimate of drug-likeness (QED) is 0.343. The van der Waals surface area contributed by atoms with Crippen LogP contribution in [0.4, 0.5) is 5.82 Å². The molecule has 0 aromatic carbocycles. The number of thioether (sulfide) groups is 1. The van der Waals surface area contributed by atoms with Gasteiger partial charge in [-0.2, -0.15) is 5.26 Å². The van der Waals surface area contributed by atoms with Gasteiger partial charge in [0, 0.05) is 32.2 Å². The molecule has 0 N–H and O–H groups in total. The van der Waals surface area contributed by atoms with E-state index in [4.69, 9.17) is 17.0 Å². The van der Waals surface area contributed by atoms with E-state index in [1.54, 1.807) is 31.9 Å². The van der Waals surface area contributed by atoms with E-state index in [9.17, 15) is 19.6 Å². The average Bonchev–Trinajstić information content (AvgIpc) is 3.06. The Labute approximate surface area is 203 Å². The van der Waals surface area contributed by atoms with E-state index in [0.29, 0.717) is 58.8 Å². The molecule has 2 aliphatic heterocycles. The van der Waals surface area contributed by atoms with Gasteiger partial charge in [0.25, 0.3) is 11.5 Å². The fraction of sp³-hybridized carbons (Fsp3) is 0.522. The van der Waals surface area contributed by atoms with Gasteiger partial charge in [0.1, 0.15) is 21.8 Å². The number of anilines is 1. The van der Waals surface area contributed by atoms with Gasteiger partial charge >= 0.3 is 5.97 Å². The van der Waals surface area contributed by atoms with Crippen molar-refractivity contribution >= 4 is 52.1 Å². The zero-order valence-corrected chi connectivity index (χ0v) is 21.0. The molecular weight excluding hydrogens is 460 g/mol. The predicted octanol–water partition coefficient (Wildman–Crippen LogP) is 2.96. The Bertz CT molecular complexity index is 1120. The van der Waals surface area contributed by atoms with Gasteiger partial charge in [-0.3, -0.25) is 23.9 Å². The minimum atomic E-state index is -0.404. The van der Waals surface area contributed by atoms with Crippen molar-refractivity contribution in [1.82, 2.24) is 9.47 Å². The van der Waals surface area contributed by atoms with Crippen molar-refractivity contribution in [3.05, 3.63) is 31.9 Å². The molecule has 0 radical (unpaired) electrons. The maximum absolute atomic E-state index is 13.0. The van der Waals surface area contributed by atoms with Crippen LogP contribution in [0.5, 0.6) is 0 Å². The van der Waals surface area contributed by atoms with Crippen LogP contribution >= 0.6 is 24.0 Å². The first kappa shape index (κ1) is 25.0. The summed E-state index contributed by atoms with van der Waals surface area (Å²) < 4.78 is 7.16. The molecule has 1 amide bonds. The highest BCUT2D eigenvalue weighted by Gasteiger charge is 2.34. The third kappa shape index (κ3) is 4.84. The van der Waals surface area contributed by atoms with Crippen LogP contribution in [0.2, 0.25) is 0 Å². The molecule has 0 aliphatic carbocycles. The normalized spacial score (nSPS) is 19.8. The van der Waals surface area contributed by atoms with Crippen LogP contribution in [0.1, 0.15) is 49.8 Å². The van der Waals surface area contributed by atoms with Crippen molar-refractivity contribution in [1.29, 1.82) is 5.26 Å². The molecule has 0 spiro atoms. The van der Waals surface area contributed by atoms with Crippen molar-refractivity contribution in [3.63, 3.8) is 0 Å². The summed E-state index contributed by atoms with van der Waals surface area (Å²) in [6.45, 7) is 7.37. The summed E-state index contributed by atoms with van der Waals surface area (Å²) in [7, 11) is 1.62. The van der Waals surface area contributed by atoms with Crippen LogP contribution in [0.3, 0.4) is 0 Å². The fourth-order valence-corrected chi connectivity index (χ4v) is 5.55. The number of carbonyl (C=O) groups excluding carboxylic acids is 2. The van der Waals surface area contributed by atoms with Crippen LogP contribution < -0.4 is 10.5 Å². The number of piperidine rings is 1. The Hall–Kier alpha value is -2.64. The molecule has 3 rings (SSSR count). The molecule has 2 saturated heterocycles. The highest BCUT2D eigenvalue weighted by molar-refractivity contribution is 8.26. The molecule has 1 aromatic heterocycles. The van der Waals surface area contributed by atoms with E-state index < -0.39 is 5.56 Å². The van der Waals surface area contributed by atoms with E-state index in [1.807, 2.05) is 17.9 Å². The van der Waals surface area contributed by atoms with E-state index >= 15 is 0 Å². The lowest BCUT2D eigenvalue weighted by Gasteiger charge is -2.35. The monoisotopic (exact) mass is 488 g/mol. The minimum absolute atomic E-state index is 0.0375. The molecule has 176 valence electrons. The van der Waals surface area contributed by atoms with Crippen molar-refractivity contribution in [2.75, 3.05) is 31.1 Å². The number of amides is 1. The summed E-state index contributed by atoms with van der Waals surface area (Å²) in [5.74, 6) is -0.140. The van der Waals surface area contributed by atoms with E-state index in [-0.39, 0.29) is 23.4 Å². The number of ether oxygens (including phenoxy) is 1. The Morgan fingerprint density at radius 3 is 2.73 bits per heavy atom. The van der Waals surface area contributed by atoms with Crippen molar-refractivity contribution in [2.24, 2.45) is 13.0 Å². The van der Waals surface area contributed by atoms with Gasteiger partial charge in [-0.25, -0.2) is 0 Å². The number of nitriles is 1. The molecule has 8 nitrogen and oxygen atoms in total. The lowest BCUT2D eigenvalue weighted by molar-refractivity contribution is -0.148. The molecule has 2 fully saturated rings. The zero-order chi connectivity index (χ0) is 24.3. The third-order valence-electron chi connectivity index (χ3n) is 5.91. The summed E-state index contributed by atoms with van der Waals surface area (Å²) in [5.41, 5.74) is 0.763. The Morgan fingerprint density at radius 1 is 1.36 bits per heavy atom. The molecule has 0 bridgehead atoms. The molecule has 33 heavy (non-hydrogen) atoms. The van der Waals surface area contributed by atoms with Gasteiger partial charge in [0.05, 0.1) is 17.4 Å². The first-order valence-electron chi connectivity index (χ1n) is 11.1. The van der Waals surface area contributed by atoms with Crippen LogP contribution in [0.25, 0.3) is 6.08 Å². The second-order valence-corrected chi connectivity index (χ2v) is 9.76. The second kappa shape index (κ2) is 10.5. The van der Waals surface area contributed by atoms with Gasteiger partial charge in [-0.15, -0.1) is 0 Å². The summed E-state index contributed by atoms with van der Waals surface area (Å²) in [6.07, 6.45) is 3.98. The Morgan fingerprint density at radius 2 is 2.09 bits per heavy atom. The zero-order valence-electron chi connectivity index (χ0n) is 19.3. The molecule has 1 unspecified atom stereocenters. The van der Waals surface area contributed by atoms with Crippen LogP contribution in [-0.2, 0) is 21.4 Å². The summed E-state index contributed by atoms with van der Waals surface area (Å²) in [5, 5.41) is 9.63. The second-order valence-electron chi connectivity index (χ2n) is 8.08. The number of pyridine rings is 1. The highest BCUT2D eigenvalue weighted by Crippen LogP contribution is 2.36. The lowest BCUT2D eigenvalue weighted by atomic mass is 9.96. The van der Waals surface area contributed by atoms with E-state index in [1.165, 1.54) is 16.3 Å². The number of carbonyl (C=O) groups is 2. The standard InChI is InChI=1S/C23H28N4O4S2/c1-5-9-27-21(29)18(33-23(27)32)11-16-14(3)17(12-24)20(28)25(4)19(16)26-10-7-8-15(13-26)22(30)31-6-2/h11,15H,5-10,13H2,1-4H3. The molecule has 1 atom stereocenters. The number of esters is 1. The topological polar surface area (TPSA) is 95.6 Å². The largest absolute Gasteiger partial charge is 0.466 e. The third-order valence-corrected chi connectivity index (χ3v) is 7.28. The molecular formula is C23H28N4O4S2. The van der Waals surface area contributed by atoms with Crippen molar-refractivity contribution in [2.45, 2.75) is 40.0 Å². The minimum Gasteiger partial charge on any atom is -0.466 e. The molecule has 1 aromatic rings. The van der Waals surface area contributed by atoms with Gasteiger partial charge < -0.3 is 9.64 Å². The number of nitrogens with zero attached hydrogens (tertiary/aromatic N) is 4. The number of hydrogen-bond donors (Lipinski definition) is 0. The lowest BCUT2D eigenvalue weighted by Crippen LogP contribution is -2.42. The fourth-order valence-electron chi connectivity index (χ4n) is 4.26.